The summed E-state index contributed by atoms with van der Waals surface area (Å²) in [6.07, 6.45) is 0.595. The van der Waals surface area contributed by atoms with Crippen molar-refractivity contribution in [3.05, 3.63) is 35.9 Å². The average Bonchev–Trinajstić information content (AvgIpc) is 3.18. The molecule has 3 aromatic rings. The number of ether oxygens (including phenoxy) is 3. The minimum atomic E-state index is -0.301. The maximum absolute atomic E-state index is 10.8. The summed E-state index contributed by atoms with van der Waals surface area (Å²) in [5.74, 6) is 0.729. The fourth-order valence-electron chi connectivity index (χ4n) is 2.62. The molecule has 1 aliphatic heterocycles. The van der Waals surface area contributed by atoms with Crippen molar-refractivity contribution in [2.24, 2.45) is 0 Å². The second-order valence-corrected chi connectivity index (χ2v) is 5.60. The molecule has 1 aromatic heterocycles. The maximum atomic E-state index is 10.8. The number of phenolic OH excluding ortho intramolecular Hbond substituents is 1. The molecule has 0 bridgehead atoms. The van der Waals surface area contributed by atoms with Gasteiger partial charge in [0.15, 0.2) is 11.5 Å². The number of hydrogen-bond acceptors (Lipinski definition) is 7. The zero-order chi connectivity index (χ0) is 17.4. The number of benzene rings is 2. The van der Waals surface area contributed by atoms with Gasteiger partial charge in [-0.25, -0.2) is 0 Å². The van der Waals surface area contributed by atoms with Crippen LogP contribution in [-0.2, 0) is 16.0 Å². The molecule has 25 heavy (non-hydrogen) atoms. The van der Waals surface area contributed by atoms with E-state index in [-0.39, 0.29) is 18.5 Å². The quantitative estimate of drug-likeness (QED) is 0.725. The highest BCUT2D eigenvalue weighted by molar-refractivity contribution is 5.75. The molecule has 128 valence electrons. The molecule has 0 radical (unpaired) electrons. The lowest BCUT2D eigenvalue weighted by Crippen LogP contribution is -2.03. The third kappa shape index (κ3) is 2.93. The zero-order valence-corrected chi connectivity index (χ0v) is 13.4. The Morgan fingerprint density at radius 3 is 2.76 bits per heavy atom. The molecule has 0 fully saturated rings. The molecule has 2 aromatic carbocycles. The van der Waals surface area contributed by atoms with E-state index in [1.54, 1.807) is 6.07 Å². The van der Waals surface area contributed by atoms with Crippen molar-refractivity contribution < 1.29 is 24.1 Å². The predicted molar refractivity (Wildman–Crippen MR) is 87.0 cm³/mol. The van der Waals surface area contributed by atoms with Gasteiger partial charge in [-0.1, -0.05) is 6.07 Å². The minimum Gasteiger partial charge on any atom is -0.505 e. The van der Waals surface area contributed by atoms with Gasteiger partial charge in [0, 0.05) is 25.5 Å². The standard InChI is InChI=1S/C17H15N3O5/c1-10(21)23-5-4-11-2-3-12-13(6-11)19-20(18-12)14-7-16-17(8-15(14)22)25-9-24-16/h2-3,6-8,22H,4-5,9H2,1H3. The van der Waals surface area contributed by atoms with E-state index in [1.165, 1.54) is 17.8 Å². The number of carbonyl (C=O) groups excluding carboxylic acids is 1. The first-order chi connectivity index (χ1) is 12.1. The van der Waals surface area contributed by atoms with Gasteiger partial charge in [0.05, 0.1) is 6.61 Å². The number of hydrogen-bond donors (Lipinski definition) is 1. The van der Waals surface area contributed by atoms with Crippen LogP contribution in [0, 0.1) is 0 Å². The van der Waals surface area contributed by atoms with E-state index in [0.717, 1.165) is 5.56 Å². The van der Waals surface area contributed by atoms with Crippen molar-refractivity contribution in [3.8, 4) is 22.9 Å². The van der Waals surface area contributed by atoms with Gasteiger partial charge in [-0.2, -0.15) is 0 Å². The van der Waals surface area contributed by atoms with Crippen molar-refractivity contribution in [1.82, 2.24) is 15.0 Å². The van der Waals surface area contributed by atoms with Gasteiger partial charge in [-0.15, -0.1) is 15.0 Å². The average molecular weight is 341 g/mol. The second kappa shape index (κ2) is 5.97. The van der Waals surface area contributed by atoms with E-state index in [0.29, 0.717) is 41.2 Å². The summed E-state index contributed by atoms with van der Waals surface area (Å²) in [6.45, 7) is 1.82. The molecule has 0 unspecified atom stereocenters. The normalized spacial score (nSPS) is 12.5. The van der Waals surface area contributed by atoms with Gasteiger partial charge in [-0.05, 0) is 17.7 Å². The molecule has 4 rings (SSSR count). The Kier molecular flexibility index (Phi) is 3.64. The molecule has 0 amide bonds. The highest BCUT2D eigenvalue weighted by atomic mass is 16.7. The number of esters is 1. The third-order valence-electron chi connectivity index (χ3n) is 3.83. The molecule has 8 heteroatoms. The smallest absolute Gasteiger partial charge is 0.302 e. The molecule has 2 heterocycles. The van der Waals surface area contributed by atoms with E-state index in [4.69, 9.17) is 14.2 Å². The lowest BCUT2D eigenvalue weighted by molar-refractivity contribution is -0.140. The van der Waals surface area contributed by atoms with Crippen LogP contribution in [0.15, 0.2) is 30.3 Å². The van der Waals surface area contributed by atoms with E-state index < -0.39 is 0 Å². The number of aromatic nitrogens is 3. The van der Waals surface area contributed by atoms with Crippen LogP contribution in [0.5, 0.6) is 17.2 Å². The number of rotatable bonds is 4. The molecule has 0 spiro atoms. The Morgan fingerprint density at radius 2 is 1.96 bits per heavy atom. The van der Waals surface area contributed by atoms with Crippen LogP contribution in [0.1, 0.15) is 12.5 Å². The topological polar surface area (TPSA) is 95.7 Å². The molecular weight excluding hydrogens is 326 g/mol. The van der Waals surface area contributed by atoms with Gasteiger partial charge in [-0.3, -0.25) is 4.79 Å². The first-order valence-corrected chi connectivity index (χ1v) is 7.72. The van der Waals surface area contributed by atoms with Crippen LogP contribution >= 0.6 is 0 Å². The minimum absolute atomic E-state index is 0.000335. The fraction of sp³-hybridized carbons (Fsp3) is 0.235. The first kappa shape index (κ1) is 15.3. The summed E-state index contributed by atoms with van der Waals surface area (Å²) >= 11 is 0. The molecule has 0 aliphatic carbocycles. The van der Waals surface area contributed by atoms with Gasteiger partial charge in [0.1, 0.15) is 22.5 Å². The van der Waals surface area contributed by atoms with Crippen molar-refractivity contribution in [3.63, 3.8) is 0 Å². The second-order valence-electron chi connectivity index (χ2n) is 5.60. The molecular formula is C17H15N3O5. The summed E-state index contributed by atoms with van der Waals surface area (Å²) in [5, 5.41) is 19.0. The molecule has 0 atom stereocenters. The van der Waals surface area contributed by atoms with Crippen LogP contribution < -0.4 is 9.47 Å². The van der Waals surface area contributed by atoms with Crippen LogP contribution in [0.3, 0.4) is 0 Å². The van der Waals surface area contributed by atoms with Gasteiger partial charge in [0.25, 0.3) is 0 Å². The monoisotopic (exact) mass is 341 g/mol. The Balaban J connectivity index is 1.64. The van der Waals surface area contributed by atoms with Crippen LogP contribution in [0.25, 0.3) is 16.7 Å². The highest BCUT2D eigenvalue weighted by Crippen LogP contribution is 2.38. The van der Waals surface area contributed by atoms with Gasteiger partial charge < -0.3 is 19.3 Å². The lowest BCUT2D eigenvalue weighted by Gasteiger charge is -2.04. The lowest BCUT2D eigenvalue weighted by atomic mass is 10.1. The summed E-state index contributed by atoms with van der Waals surface area (Å²) in [4.78, 5) is 12.2. The zero-order valence-electron chi connectivity index (χ0n) is 13.4. The number of carbonyl (C=O) groups is 1. The summed E-state index contributed by atoms with van der Waals surface area (Å²) in [6, 6.07) is 8.75. The Hall–Kier alpha value is -3.29. The third-order valence-corrected chi connectivity index (χ3v) is 3.83. The van der Waals surface area contributed by atoms with Crippen LogP contribution in [0.2, 0.25) is 0 Å². The maximum Gasteiger partial charge on any atom is 0.302 e. The Morgan fingerprint density at radius 1 is 1.20 bits per heavy atom. The first-order valence-electron chi connectivity index (χ1n) is 7.72. The van der Waals surface area contributed by atoms with E-state index in [1.807, 2.05) is 18.2 Å². The van der Waals surface area contributed by atoms with E-state index in [2.05, 4.69) is 10.2 Å². The summed E-state index contributed by atoms with van der Waals surface area (Å²) in [7, 11) is 0. The Labute approximate surface area is 142 Å². The fourth-order valence-corrected chi connectivity index (χ4v) is 2.62. The van der Waals surface area contributed by atoms with Crippen molar-refractivity contribution in [2.75, 3.05) is 13.4 Å². The van der Waals surface area contributed by atoms with Crippen molar-refractivity contribution >= 4 is 17.0 Å². The van der Waals surface area contributed by atoms with E-state index in [9.17, 15) is 9.90 Å². The molecule has 1 aliphatic rings. The van der Waals surface area contributed by atoms with Crippen molar-refractivity contribution in [1.29, 1.82) is 0 Å². The number of nitrogens with zero attached hydrogens (tertiary/aromatic N) is 3. The number of fused-ring (bicyclic) bond motifs is 2. The summed E-state index contributed by atoms with van der Waals surface area (Å²) < 4.78 is 15.5. The predicted octanol–water partition coefficient (Wildman–Crippen LogP) is 1.96. The largest absolute Gasteiger partial charge is 0.505 e. The number of phenols is 1. The summed E-state index contributed by atoms with van der Waals surface area (Å²) in [5.41, 5.74) is 2.75. The van der Waals surface area contributed by atoms with Crippen LogP contribution in [0.4, 0.5) is 0 Å². The van der Waals surface area contributed by atoms with Crippen LogP contribution in [-0.4, -0.2) is 39.5 Å². The molecule has 1 N–H and O–H groups in total. The highest BCUT2D eigenvalue weighted by Gasteiger charge is 2.19. The Bertz CT molecular complexity index is 966. The number of aromatic hydroxyl groups is 1. The SMILES string of the molecule is CC(=O)OCCc1ccc2nn(-c3cc4c(cc3O)OCO4)nc2c1. The molecule has 8 nitrogen and oxygen atoms in total. The molecule has 0 saturated heterocycles. The van der Waals surface area contributed by atoms with Gasteiger partial charge >= 0.3 is 5.97 Å². The van der Waals surface area contributed by atoms with E-state index >= 15 is 0 Å². The van der Waals surface area contributed by atoms with Gasteiger partial charge in [0.2, 0.25) is 6.79 Å². The van der Waals surface area contributed by atoms with Crippen molar-refractivity contribution in [2.45, 2.75) is 13.3 Å². The molecule has 0 saturated carbocycles.